The molecule has 0 rings (SSSR count). The molecule has 0 saturated heterocycles. The van der Waals surface area contributed by atoms with Crippen LogP contribution in [0.3, 0.4) is 0 Å². The van der Waals surface area contributed by atoms with Gasteiger partial charge in [-0.15, -0.1) is 12.6 Å². The summed E-state index contributed by atoms with van der Waals surface area (Å²) in [5.41, 5.74) is 4.71. The average molecular weight is 239 g/mol. The van der Waals surface area contributed by atoms with Crippen LogP contribution in [0.1, 0.15) is 0 Å². The van der Waals surface area contributed by atoms with Crippen molar-refractivity contribution in [2.75, 3.05) is 0 Å². The molecule has 0 fully saturated rings. The van der Waals surface area contributed by atoms with E-state index in [1.807, 2.05) is 0 Å². The van der Waals surface area contributed by atoms with E-state index in [1.165, 1.54) is 18.0 Å². The van der Waals surface area contributed by atoms with Crippen LogP contribution in [0.5, 0.6) is 0 Å². The van der Waals surface area contributed by atoms with E-state index in [1.54, 1.807) is 0 Å². The fourth-order valence-electron chi connectivity index (χ4n) is 0. The maximum absolute atomic E-state index is 4.71. The van der Waals surface area contributed by atoms with Gasteiger partial charge in [-0.1, -0.05) is 12.2 Å². The van der Waals surface area contributed by atoms with Crippen LogP contribution in [0.15, 0.2) is 0 Å². The summed E-state index contributed by atoms with van der Waals surface area (Å²) in [5, 5.41) is 0. The first-order valence-electron chi connectivity index (χ1n) is 0.883. The van der Waals surface area contributed by atoms with Gasteiger partial charge in [-0.05, 0) is 0 Å². The minimum atomic E-state index is 0. The summed E-state index contributed by atoms with van der Waals surface area (Å²) in [6.07, 6.45) is 0. The van der Waals surface area contributed by atoms with E-state index < -0.39 is 0 Å². The number of rotatable bonds is 0. The van der Waals surface area contributed by atoms with E-state index >= 15 is 0 Å². The molecule has 2 nitrogen and oxygen atoms in total. The second kappa shape index (κ2) is 15.7. The van der Waals surface area contributed by atoms with Crippen molar-refractivity contribution in [1.82, 2.24) is 0 Å². The molecule has 4 N–H and O–H groups in total. The molecule has 0 bridgehead atoms. The Bertz CT molecular complexity index is 46.2. The van der Waals surface area contributed by atoms with E-state index in [4.69, 9.17) is 5.73 Å². The van der Waals surface area contributed by atoms with Gasteiger partial charge in [0.15, 0.2) is 0 Å². The van der Waals surface area contributed by atoms with E-state index in [-0.39, 0.29) is 9.80 Å². The Labute approximate surface area is 67.9 Å². The number of thiol groups is 1. The number of hydrogen-bond donors (Lipinski definition) is 2. The van der Waals surface area contributed by atoms with Crippen LogP contribution in [0.4, 0.5) is 0 Å². The number of nitrogens with two attached hydrogens (primary N) is 1. The van der Waals surface area contributed by atoms with Gasteiger partial charge in [0, 0.05) is 0 Å². The molecule has 0 aliphatic heterocycles. The summed E-state index contributed by atoms with van der Waals surface area (Å²) in [4.78, 5) is 0. The van der Waals surface area contributed by atoms with Crippen molar-refractivity contribution >= 4 is 39.0 Å². The first kappa shape index (κ1) is 15.7. The van der Waals surface area contributed by atoms with E-state index in [0.29, 0.717) is 0 Å². The van der Waals surface area contributed by atoms with Gasteiger partial charge >= 0.3 is 27.8 Å². The van der Waals surface area contributed by atoms with E-state index in [9.17, 15) is 0 Å². The SMILES string of the molecule is NC(=S)S.O.[S]=[Mo]. The monoisotopic (exact) mass is 241 g/mol. The van der Waals surface area contributed by atoms with Crippen molar-refractivity contribution in [2.45, 2.75) is 0 Å². The topological polar surface area (TPSA) is 57.5 Å². The Morgan fingerprint density at radius 3 is 1.57 bits per heavy atom. The van der Waals surface area contributed by atoms with Gasteiger partial charge in [-0.3, -0.25) is 0 Å². The second-order valence-electron chi connectivity index (χ2n) is 0.338. The van der Waals surface area contributed by atoms with E-state index in [2.05, 4.69) is 34.7 Å². The van der Waals surface area contributed by atoms with Gasteiger partial charge in [-0.2, -0.15) is 0 Å². The first-order chi connectivity index (χ1) is 2.73. The van der Waals surface area contributed by atoms with Crippen molar-refractivity contribution in [2.24, 2.45) is 5.73 Å². The molecule has 0 radical (unpaired) electrons. The summed E-state index contributed by atoms with van der Waals surface area (Å²) in [5.74, 6) is 0. The van der Waals surface area contributed by atoms with Crippen molar-refractivity contribution in [3.8, 4) is 0 Å². The Morgan fingerprint density at radius 2 is 1.57 bits per heavy atom. The molecule has 0 aromatic carbocycles. The van der Waals surface area contributed by atoms with Crippen molar-refractivity contribution in [3.63, 3.8) is 0 Å². The second-order valence-corrected chi connectivity index (χ2v) is 1.56. The zero-order valence-electron chi connectivity index (χ0n) is 3.25. The maximum atomic E-state index is 4.71. The molecule has 0 aliphatic rings. The van der Waals surface area contributed by atoms with Crippen molar-refractivity contribution in [1.29, 1.82) is 0 Å². The van der Waals surface area contributed by atoms with Gasteiger partial charge in [0.25, 0.3) is 0 Å². The van der Waals surface area contributed by atoms with Crippen molar-refractivity contribution < 1.29 is 23.5 Å². The number of hydrogen-bond acceptors (Lipinski definition) is 2. The van der Waals surface area contributed by atoms with Gasteiger partial charge in [0.2, 0.25) is 0 Å². The number of thiocarbonyl (C=S) groups is 1. The average Bonchev–Trinajstić information content (AvgIpc) is 1.41. The molecular formula is CH5MoNOS3. The summed E-state index contributed by atoms with van der Waals surface area (Å²) in [7, 11) is 4.09. The molecule has 44 valence electrons. The minimum absolute atomic E-state index is 0. The third kappa shape index (κ3) is 151. The molecule has 6 heteroatoms. The van der Waals surface area contributed by atoms with Gasteiger partial charge in [0.05, 0.1) is 0 Å². The van der Waals surface area contributed by atoms with Crippen LogP contribution < -0.4 is 5.73 Å². The first-order valence-corrected chi connectivity index (χ1v) is 4.53. The zero-order valence-corrected chi connectivity index (χ0v) is 7.78. The molecule has 0 aliphatic carbocycles. The van der Waals surface area contributed by atoms with Crippen LogP contribution in [-0.4, -0.2) is 9.80 Å². The Morgan fingerprint density at radius 1 is 1.57 bits per heavy atom. The Balaban J connectivity index is -0.0000000480. The molecule has 0 aromatic heterocycles. The zero-order chi connectivity index (χ0) is 5.58. The molecule has 0 aromatic rings. The van der Waals surface area contributed by atoms with Gasteiger partial charge in [0.1, 0.15) is 4.32 Å². The Hall–Kier alpha value is 1.11. The third-order valence-electron chi connectivity index (χ3n) is 0. The van der Waals surface area contributed by atoms with Crippen LogP contribution >= 0.6 is 34.7 Å². The predicted octanol–water partition coefficient (Wildman–Crippen LogP) is -0.0192. The van der Waals surface area contributed by atoms with Crippen LogP contribution in [-0.2, 0) is 18.0 Å². The predicted molar refractivity (Wildman–Crippen MR) is 37.0 cm³/mol. The molecule has 7 heavy (non-hydrogen) atoms. The fourth-order valence-corrected chi connectivity index (χ4v) is 0. The van der Waals surface area contributed by atoms with Crippen LogP contribution in [0.2, 0.25) is 0 Å². The summed E-state index contributed by atoms with van der Waals surface area (Å²) in [6, 6.07) is 0. The van der Waals surface area contributed by atoms with Crippen molar-refractivity contribution in [3.05, 3.63) is 0 Å². The molecule has 0 amide bonds. The third-order valence-corrected chi connectivity index (χ3v) is 0. The summed E-state index contributed by atoms with van der Waals surface area (Å²) >= 11 is 9.19. The van der Waals surface area contributed by atoms with Crippen LogP contribution in [0, 0.1) is 0 Å². The molecule has 0 spiro atoms. The summed E-state index contributed by atoms with van der Waals surface area (Å²) < 4.78 is 0.194. The van der Waals surface area contributed by atoms with Crippen LogP contribution in [0.25, 0.3) is 0 Å². The normalized spacial score (nSPS) is 4.14. The van der Waals surface area contributed by atoms with E-state index in [0.717, 1.165) is 0 Å². The molecular weight excluding hydrogens is 234 g/mol. The fraction of sp³-hybridized carbons (Fsp3) is 0. The molecule has 0 unspecified atom stereocenters. The molecule has 0 atom stereocenters. The Kier molecular flexibility index (Phi) is 35.2. The quantitative estimate of drug-likeness (QED) is 0.355. The van der Waals surface area contributed by atoms with Gasteiger partial charge in [-0.25, -0.2) is 0 Å². The van der Waals surface area contributed by atoms with Gasteiger partial charge < -0.3 is 11.2 Å². The summed E-state index contributed by atoms with van der Waals surface area (Å²) in [6.45, 7) is 0. The molecule has 0 heterocycles. The standard InChI is InChI=1S/CH3NS2.Mo.H2O.S/c2-1(3)4;;;/h(H3,2,3,4);;1H2;. The molecule has 0 saturated carbocycles.